The van der Waals surface area contributed by atoms with Crippen molar-refractivity contribution >= 4 is 5.91 Å². The molecule has 0 bridgehead atoms. The normalized spacial score (nSPS) is 33.1. The second-order valence-corrected chi connectivity index (χ2v) is 4.67. The van der Waals surface area contributed by atoms with E-state index >= 15 is 0 Å². The van der Waals surface area contributed by atoms with Crippen LogP contribution in [0.25, 0.3) is 0 Å². The van der Waals surface area contributed by atoms with E-state index in [1.54, 1.807) is 0 Å². The molecule has 15 heavy (non-hydrogen) atoms. The summed E-state index contributed by atoms with van der Waals surface area (Å²) < 4.78 is 0. The van der Waals surface area contributed by atoms with E-state index in [4.69, 9.17) is 0 Å². The molecule has 0 spiro atoms. The van der Waals surface area contributed by atoms with Gasteiger partial charge in [0.05, 0.1) is 6.04 Å². The number of amides is 1. The summed E-state index contributed by atoms with van der Waals surface area (Å²) in [6.45, 7) is 6.98. The number of hydrogen-bond donors (Lipinski definition) is 2. The van der Waals surface area contributed by atoms with Gasteiger partial charge in [0.15, 0.2) is 0 Å². The molecule has 0 aromatic rings. The average Bonchev–Trinajstić information content (AvgIpc) is 2.68. The minimum atomic E-state index is 0.00172. The topological polar surface area (TPSA) is 44.4 Å². The van der Waals surface area contributed by atoms with Gasteiger partial charge in [0.1, 0.15) is 0 Å². The quantitative estimate of drug-likeness (QED) is 0.665. The van der Waals surface area contributed by atoms with Gasteiger partial charge in [-0.2, -0.15) is 0 Å². The van der Waals surface area contributed by atoms with Crippen molar-refractivity contribution < 1.29 is 4.79 Å². The first-order valence-electron chi connectivity index (χ1n) is 6.00. The van der Waals surface area contributed by atoms with E-state index < -0.39 is 0 Å². The Hall–Kier alpha value is -0.610. The largest absolute Gasteiger partial charge is 0.341 e. The second-order valence-electron chi connectivity index (χ2n) is 4.67. The summed E-state index contributed by atoms with van der Waals surface area (Å²) in [6, 6.07) is 0.00172. The van der Waals surface area contributed by atoms with Gasteiger partial charge >= 0.3 is 0 Å². The maximum Gasteiger partial charge on any atom is 0.239 e. The van der Waals surface area contributed by atoms with Crippen LogP contribution < -0.4 is 10.6 Å². The highest BCUT2D eigenvalue weighted by atomic mass is 16.2. The van der Waals surface area contributed by atoms with E-state index in [-0.39, 0.29) is 11.9 Å². The predicted octanol–water partition coefficient (Wildman–Crippen LogP) is -0.194. The molecule has 86 valence electrons. The first-order chi connectivity index (χ1) is 7.27. The zero-order chi connectivity index (χ0) is 10.7. The van der Waals surface area contributed by atoms with Crippen molar-refractivity contribution in [1.29, 1.82) is 0 Å². The Labute approximate surface area is 91.4 Å². The Morgan fingerprint density at radius 1 is 1.47 bits per heavy atom. The predicted molar refractivity (Wildman–Crippen MR) is 59.6 cm³/mol. The standard InChI is InChI=1S/C11H21N3O/c1-9-11(15)14(6-2-4-13-9)8-10-3-5-12-7-10/h9-10,12-13H,2-8H2,1H3. The molecule has 2 saturated heterocycles. The molecule has 2 N–H and O–H groups in total. The molecule has 0 aliphatic carbocycles. The summed E-state index contributed by atoms with van der Waals surface area (Å²) in [5.41, 5.74) is 0. The van der Waals surface area contributed by atoms with Crippen molar-refractivity contribution in [3.8, 4) is 0 Å². The van der Waals surface area contributed by atoms with Crippen molar-refractivity contribution in [1.82, 2.24) is 15.5 Å². The van der Waals surface area contributed by atoms with Gasteiger partial charge < -0.3 is 15.5 Å². The van der Waals surface area contributed by atoms with Crippen LogP contribution in [0.15, 0.2) is 0 Å². The number of nitrogens with one attached hydrogen (secondary N) is 2. The Morgan fingerprint density at radius 2 is 2.33 bits per heavy atom. The minimum absolute atomic E-state index is 0.00172. The lowest BCUT2D eigenvalue weighted by Crippen LogP contribution is -2.43. The summed E-state index contributed by atoms with van der Waals surface area (Å²) >= 11 is 0. The fraction of sp³-hybridized carbons (Fsp3) is 0.909. The van der Waals surface area contributed by atoms with E-state index in [1.807, 2.05) is 11.8 Å². The van der Waals surface area contributed by atoms with Gasteiger partial charge in [-0.1, -0.05) is 0 Å². The molecule has 2 fully saturated rings. The molecule has 2 unspecified atom stereocenters. The summed E-state index contributed by atoms with van der Waals surface area (Å²) in [4.78, 5) is 14.0. The van der Waals surface area contributed by atoms with Crippen LogP contribution in [-0.2, 0) is 4.79 Å². The Morgan fingerprint density at radius 3 is 3.07 bits per heavy atom. The van der Waals surface area contributed by atoms with Crippen molar-refractivity contribution in [3.63, 3.8) is 0 Å². The SMILES string of the molecule is CC1NCCCN(CC2CCNC2)C1=O. The fourth-order valence-electron chi connectivity index (χ4n) is 2.42. The molecule has 2 aliphatic heterocycles. The Balaban J connectivity index is 1.90. The number of carbonyl (C=O) groups excluding carboxylic acids is 1. The van der Waals surface area contributed by atoms with Crippen molar-refractivity contribution in [2.45, 2.75) is 25.8 Å². The summed E-state index contributed by atoms with van der Waals surface area (Å²) in [5.74, 6) is 0.943. The molecule has 1 amide bonds. The molecular weight excluding hydrogens is 190 g/mol. The third-order valence-electron chi connectivity index (χ3n) is 3.38. The van der Waals surface area contributed by atoms with Gasteiger partial charge in [0, 0.05) is 13.1 Å². The fourth-order valence-corrected chi connectivity index (χ4v) is 2.42. The minimum Gasteiger partial charge on any atom is -0.341 e. The van der Waals surface area contributed by atoms with Crippen LogP contribution >= 0.6 is 0 Å². The molecule has 2 rings (SSSR count). The molecule has 0 radical (unpaired) electrons. The summed E-state index contributed by atoms with van der Waals surface area (Å²) in [6.07, 6.45) is 2.29. The van der Waals surface area contributed by atoms with E-state index in [9.17, 15) is 4.79 Å². The van der Waals surface area contributed by atoms with Gasteiger partial charge in [0.25, 0.3) is 0 Å². The van der Waals surface area contributed by atoms with Gasteiger partial charge in [0.2, 0.25) is 5.91 Å². The molecule has 2 aliphatic rings. The van der Waals surface area contributed by atoms with Gasteiger partial charge in [-0.05, 0) is 45.3 Å². The van der Waals surface area contributed by atoms with E-state index in [1.165, 1.54) is 6.42 Å². The van der Waals surface area contributed by atoms with E-state index in [2.05, 4.69) is 10.6 Å². The maximum absolute atomic E-state index is 12.0. The van der Waals surface area contributed by atoms with Gasteiger partial charge in [-0.3, -0.25) is 4.79 Å². The molecule has 0 aromatic heterocycles. The lowest BCUT2D eigenvalue weighted by molar-refractivity contribution is -0.132. The number of rotatable bonds is 2. The molecule has 0 aromatic carbocycles. The average molecular weight is 211 g/mol. The van der Waals surface area contributed by atoms with Gasteiger partial charge in [-0.15, -0.1) is 0 Å². The maximum atomic E-state index is 12.0. The highest BCUT2D eigenvalue weighted by Crippen LogP contribution is 2.12. The van der Waals surface area contributed by atoms with E-state index in [0.29, 0.717) is 5.92 Å². The third-order valence-corrected chi connectivity index (χ3v) is 3.38. The third kappa shape index (κ3) is 2.69. The second kappa shape index (κ2) is 4.94. The lowest BCUT2D eigenvalue weighted by atomic mass is 10.1. The first kappa shape index (κ1) is 10.9. The van der Waals surface area contributed by atoms with Gasteiger partial charge in [-0.25, -0.2) is 0 Å². The smallest absolute Gasteiger partial charge is 0.239 e. The molecule has 2 heterocycles. The van der Waals surface area contributed by atoms with Crippen LogP contribution in [0.4, 0.5) is 0 Å². The highest BCUT2D eigenvalue weighted by molar-refractivity contribution is 5.81. The lowest BCUT2D eigenvalue weighted by Gasteiger charge is -2.25. The molecule has 0 saturated carbocycles. The van der Waals surface area contributed by atoms with Crippen LogP contribution in [-0.4, -0.2) is 49.6 Å². The number of carbonyl (C=O) groups is 1. The number of nitrogens with zero attached hydrogens (tertiary/aromatic N) is 1. The summed E-state index contributed by atoms with van der Waals surface area (Å²) in [5, 5.41) is 6.59. The zero-order valence-electron chi connectivity index (χ0n) is 9.46. The Bertz CT molecular complexity index is 226. The Kier molecular flexibility index (Phi) is 3.59. The van der Waals surface area contributed by atoms with Crippen LogP contribution in [0.3, 0.4) is 0 Å². The highest BCUT2D eigenvalue weighted by Gasteiger charge is 2.26. The van der Waals surface area contributed by atoms with Crippen LogP contribution in [0.5, 0.6) is 0 Å². The number of hydrogen-bond acceptors (Lipinski definition) is 3. The van der Waals surface area contributed by atoms with Crippen LogP contribution in [0.1, 0.15) is 19.8 Å². The molecule has 4 heteroatoms. The van der Waals surface area contributed by atoms with E-state index in [0.717, 1.165) is 39.1 Å². The first-order valence-corrected chi connectivity index (χ1v) is 6.00. The van der Waals surface area contributed by atoms with Crippen molar-refractivity contribution in [2.24, 2.45) is 5.92 Å². The van der Waals surface area contributed by atoms with Crippen LogP contribution in [0, 0.1) is 5.92 Å². The molecular formula is C11H21N3O. The molecule has 2 atom stereocenters. The van der Waals surface area contributed by atoms with Crippen LogP contribution in [0.2, 0.25) is 0 Å². The zero-order valence-corrected chi connectivity index (χ0v) is 9.46. The van der Waals surface area contributed by atoms with Crippen molar-refractivity contribution in [3.05, 3.63) is 0 Å². The van der Waals surface area contributed by atoms with Crippen molar-refractivity contribution in [2.75, 3.05) is 32.7 Å². The monoisotopic (exact) mass is 211 g/mol. The molecule has 4 nitrogen and oxygen atoms in total. The summed E-state index contributed by atoms with van der Waals surface area (Å²) in [7, 11) is 0.